The number of aromatic nitrogens is 2. The number of benzene rings is 1. The van der Waals surface area contributed by atoms with Crippen molar-refractivity contribution in [2.24, 2.45) is 5.92 Å². The molecule has 3 heterocycles. The van der Waals surface area contributed by atoms with E-state index in [0.717, 1.165) is 48.8 Å². The third-order valence-corrected chi connectivity index (χ3v) is 7.27. The molecule has 0 aliphatic carbocycles. The predicted octanol–water partition coefficient (Wildman–Crippen LogP) is 6.12. The first kappa shape index (κ1) is 31.8. The zero-order chi connectivity index (χ0) is 31.1. The molecule has 0 bridgehead atoms. The van der Waals surface area contributed by atoms with Gasteiger partial charge < -0.3 is 19.5 Å². The highest BCUT2D eigenvalue weighted by molar-refractivity contribution is 5.93. The fourth-order valence-electron chi connectivity index (χ4n) is 5.38. The molecule has 0 radical (unpaired) electrons. The maximum Gasteiger partial charge on any atom is 0.419 e. The van der Waals surface area contributed by atoms with Crippen molar-refractivity contribution in [1.82, 2.24) is 14.0 Å². The van der Waals surface area contributed by atoms with Crippen molar-refractivity contribution in [2.75, 3.05) is 18.4 Å². The number of amides is 2. The van der Waals surface area contributed by atoms with Gasteiger partial charge in [0.2, 0.25) is 11.8 Å². The van der Waals surface area contributed by atoms with Gasteiger partial charge in [0.25, 0.3) is 5.56 Å². The van der Waals surface area contributed by atoms with Gasteiger partial charge in [0.1, 0.15) is 11.3 Å². The van der Waals surface area contributed by atoms with Crippen LogP contribution in [0, 0.1) is 5.92 Å². The van der Waals surface area contributed by atoms with E-state index in [-0.39, 0.29) is 36.0 Å². The summed E-state index contributed by atoms with van der Waals surface area (Å²) >= 11 is 0. The van der Waals surface area contributed by atoms with Crippen molar-refractivity contribution in [2.45, 2.75) is 85.3 Å². The molecular weight excluding hydrogens is 544 g/mol. The molecule has 43 heavy (non-hydrogen) atoms. The number of nitrogens with zero attached hydrogens (tertiary/aromatic N) is 3. The number of hydrogen-bond donors (Lipinski definition) is 1. The Kier molecular flexibility index (Phi) is 10.3. The van der Waals surface area contributed by atoms with Gasteiger partial charge in [-0.25, -0.2) is 9.36 Å². The van der Waals surface area contributed by atoms with Gasteiger partial charge in [0, 0.05) is 31.1 Å². The molecule has 1 fully saturated rings. The van der Waals surface area contributed by atoms with Gasteiger partial charge >= 0.3 is 6.09 Å². The Hall–Kier alpha value is -4.14. The van der Waals surface area contributed by atoms with E-state index in [0.29, 0.717) is 24.5 Å². The van der Waals surface area contributed by atoms with Gasteiger partial charge in [0.05, 0.1) is 17.8 Å². The highest BCUT2D eigenvalue weighted by Crippen LogP contribution is 2.27. The van der Waals surface area contributed by atoms with E-state index in [9.17, 15) is 19.2 Å². The van der Waals surface area contributed by atoms with Crippen LogP contribution in [0.2, 0.25) is 0 Å². The van der Waals surface area contributed by atoms with Crippen molar-refractivity contribution in [3.05, 3.63) is 76.4 Å². The molecule has 0 unspecified atom stereocenters. The van der Waals surface area contributed by atoms with Crippen molar-refractivity contribution in [3.63, 3.8) is 0 Å². The Labute approximate surface area is 253 Å². The van der Waals surface area contributed by atoms with E-state index >= 15 is 0 Å². The number of carbonyl (C=O) groups excluding carboxylic acids is 3. The summed E-state index contributed by atoms with van der Waals surface area (Å²) in [5.41, 5.74) is 1.55. The minimum absolute atomic E-state index is 0.0219. The van der Waals surface area contributed by atoms with Crippen LogP contribution in [0.25, 0.3) is 10.9 Å². The number of pyridine rings is 1. The fourth-order valence-corrected chi connectivity index (χ4v) is 5.38. The van der Waals surface area contributed by atoms with Crippen LogP contribution in [-0.2, 0) is 27.3 Å². The molecule has 9 heteroatoms. The van der Waals surface area contributed by atoms with Crippen LogP contribution in [0.5, 0.6) is 0 Å². The first-order valence-electron chi connectivity index (χ1n) is 15.2. The molecule has 1 aromatic carbocycles. The van der Waals surface area contributed by atoms with E-state index in [2.05, 4.69) is 19.2 Å². The SMILES string of the molecule is CC(C)Cc1cccc2cc(Cn3cccc(NC(=O)CCC/C=C/C(=O)N4CCCC4)c3=O)n(C(=O)OC(C)(C)C)c12. The second kappa shape index (κ2) is 13.9. The number of anilines is 1. The van der Waals surface area contributed by atoms with Crippen LogP contribution < -0.4 is 10.9 Å². The third kappa shape index (κ3) is 8.46. The first-order chi connectivity index (χ1) is 20.4. The van der Waals surface area contributed by atoms with Gasteiger partial charge in [-0.3, -0.25) is 14.4 Å². The number of fused-ring (bicyclic) bond motifs is 1. The van der Waals surface area contributed by atoms with Crippen molar-refractivity contribution in [3.8, 4) is 0 Å². The molecule has 1 saturated heterocycles. The molecule has 3 aromatic rings. The molecule has 1 N–H and O–H groups in total. The minimum atomic E-state index is -0.696. The highest BCUT2D eigenvalue weighted by Gasteiger charge is 2.24. The Balaban J connectivity index is 1.49. The molecule has 230 valence electrons. The number of rotatable bonds is 10. The van der Waals surface area contributed by atoms with Crippen LogP contribution in [0.15, 0.2) is 59.5 Å². The third-order valence-electron chi connectivity index (χ3n) is 7.27. The molecule has 0 atom stereocenters. The number of likely N-dealkylation sites (tertiary alicyclic amines) is 1. The summed E-state index contributed by atoms with van der Waals surface area (Å²) in [4.78, 5) is 53.5. The number of ether oxygens (including phenoxy) is 1. The molecule has 9 nitrogen and oxygen atoms in total. The summed E-state index contributed by atoms with van der Waals surface area (Å²) in [6.07, 6.45) is 8.81. The van der Waals surface area contributed by atoms with Gasteiger partial charge in [-0.15, -0.1) is 0 Å². The lowest BCUT2D eigenvalue weighted by molar-refractivity contribution is -0.125. The van der Waals surface area contributed by atoms with E-state index in [1.807, 2.05) is 49.9 Å². The maximum absolute atomic E-state index is 13.5. The summed E-state index contributed by atoms with van der Waals surface area (Å²) in [7, 11) is 0. The van der Waals surface area contributed by atoms with Crippen molar-refractivity contribution < 1.29 is 19.1 Å². The average Bonchev–Trinajstić information content (AvgIpc) is 3.58. The number of para-hydroxylation sites is 1. The van der Waals surface area contributed by atoms with E-state index in [1.54, 1.807) is 35.0 Å². The maximum atomic E-state index is 13.5. The Bertz CT molecular complexity index is 1550. The highest BCUT2D eigenvalue weighted by atomic mass is 16.6. The van der Waals surface area contributed by atoms with Crippen LogP contribution in [0.1, 0.15) is 78.0 Å². The lowest BCUT2D eigenvalue weighted by Gasteiger charge is -2.22. The van der Waals surface area contributed by atoms with Gasteiger partial charge in [-0.1, -0.05) is 38.1 Å². The summed E-state index contributed by atoms with van der Waals surface area (Å²) in [5, 5.41) is 3.63. The number of allylic oxidation sites excluding steroid dienone is 1. The molecule has 2 amide bonds. The molecule has 0 spiro atoms. The van der Waals surface area contributed by atoms with E-state index in [4.69, 9.17) is 4.74 Å². The average molecular weight is 589 g/mol. The van der Waals surface area contributed by atoms with Crippen LogP contribution >= 0.6 is 0 Å². The summed E-state index contributed by atoms with van der Waals surface area (Å²) in [6, 6.07) is 11.2. The lowest BCUT2D eigenvalue weighted by atomic mass is 10.0. The summed E-state index contributed by atoms with van der Waals surface area (Å²) < 4.78 is 8.85. The van der Waals surface area contributed by atoms with Crippen LogP contribution in [0.4, 0.5) is 10.5 Å². The second-order valence-electron chi connectivity index (χ2n) is 12.6. The lowest BCUT2D eigenvalue weighted by Crippen LogP contribution is -2.30. The van der Waals surface area contributed by atoms with E-state index < -0.39 is 11.7 Å². The zero-order valence-corrected chi connectivity index (χ0v) is 26.0. The number of unbranched alkanes of at least 4 members (excludes halogenated alkanes) is 1. The zero-order valence-electron chi connectivity index (χ0n) is 26.0. The Morgan fingerprint density at radius 1 is 1.07 bits per heavy atom. The van der Waals surface area contributed by atoms with Crippen molar-refractivity contribution in [1.29, 1.82) is 0 Å². The first-order valence-corrected chi connectivity index (χ1v) is 15.2. The molecule has 1 aliphatic rings. The Morgan fingerprint density at radius 2 is 1.81 bits per heavy atom. The molecule has 2 aromatic heterocycles. The normalized spacial score (nSPS) is 13.8. The summed E-state index contributed by atoms with van der Waals surface area (Å²) in [5.74, 6) is 0.136. The second-order valence-corrected chi connectivity index (χ2v) is 12.6. The molecule has 0 saturated carbocycles. The van der Waals surface area contributed by atoms with Gasteiger partial charge in [-0.05, 0) is 88.6 Å². The minimum Gasteiger partial charge on any atom is -0.443 e. The fraction of sp³-hybridized carbons (Fsp3) is 0.471. The van der Waals surface area contributed by atoms with Gasteiger partial charge in [-0.2, -0.15) is 0 Å². The quantitative estimate of drug-likeness (QED) is 0.227. The van der Waals surface area contributed by atoms with Crippen LogP contribution in [0.3, 0.4) is 0 Å². The Morgan fingerprint density at radius 3 is 2.51 bits per heavy atom. The standard InChI is InChI=1S/C34H44N4O5/c1-24(2)21-25-13-11-14-26-22-27(38(31(25)26)33(42)43-34(3,4)5)23-37-20-12-15-28(32(37)41)35-29(39)16-7-6-8-17-30(40)36-18-9-10-19-36/h8,11-15,17,20,22,24H,6-7,9-10,16,18-19,21,23H2,1-5H3,(H,35,39)/b17-8+. The molecule has 4 rings (SSSR count). The van der Waals surface area contributed by atoms with E-state index in [1.165, 1.54) is 4.57 Å². The smallest absolute Gasteiger partial charge is 0.419 e. The largest absolute Gasteiger partial charge is 0.443 e. The molecular formula is C34H44N4O5. The molecule has 1 aliphatic heterocycles. The predicted molar refractivity (Wildman–Crippen MR) is 169 cm³/mol. The topological polar surface area (TPSA) is 103 Å². The number of nitrogens with one attached hydrogen (secondary N) is 1. The van der Waals surface area contributed by atoms with Crippen molar-refractivity contribution >= 4 is 34.5 Å². The number of carbonyl (C=O) groups is 3. The van der Waals surface area contributed by atoms with Crippen LogP contribution in [-0.4, -0.2) is 50.6 Å². The summed E-state index contributed by atoms with van der Waals surface area (Å²) in [6.45, 7) is 11.5. The monoisotopic (exact) mass is 588 g/mol. The van der Waals surface area contributed by atoms with Gasteiger partial charge in [0.15, 0.2) is 0 Å². The number of hydrogen-bond acceptors (Lipinski definition) is 5.